The fourth-order valence-electron chi connectivity index (χ4n) is 2.68. The van der Waals surface area contributed by atoms with E-state index in [4.69, 9.17) is 4.98 Å². The molecule has 0 spiro atoms. The summed E-state index contributed by atoms with van der Waals surface area (Å²) in [5, 5.41) is 0. The van der Waals surface area contributed by atoms with Gasteiger partial charge in [-0.25, -0.2) is 4.98 Å². The summed E-state index contributed by atoms with van der Waals surface area (Å²) < 4.78 is 1.56. The minimum absolute atomic E-state index is 0.119. The number of fused-ring (bicyclic) bond motifs is 1. The van der Waals surface area contributed by atoms with Gasteiger partial charge in [-0.3, -0.25) is 9.20 Å². The van der Waals surface area contributed by atoms with E-state index in [1.165, 1.54) is 0 Å². The molecule has 0 radical (unpaired) electrons. The molecule has 2 aromatic heterocycles. The molecule has 0 atom stereocenters. The number of aromatic nitrogens is 2. The first kappa shape index (κ1) is 16.4. The standard InChI is InChI=1S/C22H18N2O/c1-3-5-12-17(11-4-2)20-21(18-13-7-6-8-14-18)23-19-15-9-10-16-24(19)22(20)25/h3-16H,1-2H2/b12-5-,17-11+. The van der Waals surface area contributed by atoms with Gasteiger partial charge in [0.05, 0.1) is 11.3 Å². The molecule has 3 nitrogen and oxygen atoms in total. The SMILES string of the molecule is C=C/C=C\C(=C/C=C)c1c(-c2ccccc2)nc2ccccn2c1=O. The van der Waals surface area contributed by atoms with Crippen LogP contribution < -0.4 is 5.56 Å². The molecular weight excluding hydrogens is 308 g/mol. The highest BCUT2D eigenvalue weighted by Gasteiger charge is 2.16. The molecule has 0 aliphatic rings. The zero-order chi connectivity index (χ0) is 17.6. The lowest BCUT2D eigenvalue weighted by Gasteiger charge is -2.12. The predicted octanol–water partition coefficient (Wildman–Crippen LogP) is 4.67. The maximum absolute atomic E-state index is 13.2. The Hall–Kier alpha value is -3.46. The van der Waals surface area contributed by atoms with Crippen molar-refractivity contribution in [1.82, 2.24) is 9.38 Å². The first-order valence-corrected chi connectivity index (χ1v) is 7.95. The van der Waals surface area contributed by atoms with Crippen molar-refractivity contribution < 1.29 is 0 Å². The van der Waals surface area contributed by atoms with E-state index in [-0.39, 0.29) is 5.56 Å². The van der Waals surface area contributed by atoms with Gasteiger partial charge >= 0.3 is 0 Å². The van der Waals surface area contributed by atoms with Crippen molar-refractivity contribution in [3.05, 3.63) is 114 Å². The fourth-order valence-corrected chi connectivity index (χ4v) is 2.68. The monoisotopic (exact) mass is 326 g/mol. The van der Waals surface area contributed by atoms with Gasteiger partial charge in [0.15, 0.2) is 0 Å². The first-order valence-electron chi connectivity index (χ1n) is 7.95. The van der Waals surface area contributed by atoms with Crippen LogP contribution in [-0.4, -0.2) is 9.38 Å². The highest BCUT2D eigenvalue weighted by molar-refractivity contribution is 5.84. The van der Waals surface area contributed by atoms with Crippen LogP contribution in [0.1, 0.15) is 5.56 Å². The molecule has 0 amide bonds. The minimum Gasteiger partial charge on any atom is -0.268 e. The fraction of sp³-hybridized carbons (Fsp3) is 0. The van der Waals surface area contributed by atoms with Crippen LogP contribution >= 0.6 is 0 Å². The summed E-state index contributed by atoms with van der Waals surface area (Å²) >= 11 is 0. The van der Waals surface area contributed by atoms with Gasteiger partial charge in [0, 0.05) is 11.8 Å². The lowest BCUT2D eigenvalue weighted by atomic mass is 9.99. The third-order valence-corrected chi connectivity index (χ3v) is 3.78. The molecule has 3 rings (SSSR count). The molecule has 2 heterocycles. The molecule has 0 saturated carbocycles. The molecule has 0 aliphatic carbocycles. The third-order valence-electron chi connectivity index (χ3n) is 3.78. The van der Waals surface area contributed by atoms with Gasteiger partial charge in [0.1, 0.15) is 5.65 Å². The highest BCUT2D eigenvalue weighted by Crippen LogP contribution is 2.26. The second-order valence-electron chi connectivity index (χ2n) is 5.39. The predicted molar refractivity (Wildman–Crippen MR) is 104 cm³/mol. The highest BCUT2D eigenvalue weighted by atomic mass is 16.1. The van der Waals surface area contributed by atoms with Gasteiger partial charge in [-0.2, -0.15) is 0 Å². The first-order chi connectivity index (χ1) is 12.3. The van der Waals surface area contributed by atoms with Gasteiger partial charge in [-0.1, -0.05) is 79.9 Å². The molecule has 0 bridgehead atoms. The number of rotatable bonds is 5. The molecular formula is C22H18N2O. The van der Waals surface area contributed by atoms with Gasteiger partial charge in [-0.05, 0) is 17.7 Å². The molecule has 25 heavy (non-hydrogen) atoms. The average molecular weight is 326 g/mol. The van der Waals surface area contributed by atoms with Gasteiger partial charge in [0.25, 0.3) is 5.56 Å². The lowest BCUT2D eigenvalue weighted by molar-refractivity contribution is 1.04. The van der Waals surface area contributed by atoms with Crippen LogP contribution in [0.25, 0.3) is 22.5 Å². The maximum Gasteiger partial charge on any atom is 0.266 e. The molecule has 0 unspecified atom stereocenters. The summed E-state index contributed by atoms with van der Waals surface area (Å²) in [6, 6.07) is 15.2. The Morgan fingerprint density at radius 2 is 1.76 bits per heavy atom. The average Bonchev–Trinajstić information content (AvgIpc) is 2.66. The molecule has 0 fully saturated rings. The van der Waals surface area contributed by atoms with Crippen LogP contribution in [0.2, 0.25) is 0 Å². The number of benzene rings is 1. The van der Waals surface area contributed by atoms with Crippen LogP contribution in [0.15, 0.2) is 103 Å². The maximum atomic E-state index is 13.2. The Bertz CT molecular complexity index is 1040. The smallest absolute Gasteiger partial charge is 0.266 e. The van der Waals surface area contributed by atoms with E-state index in [2.05, 4.69) is 13.2 Å². The summed E-state index contributed by atoms with van der Waals surface area (Å²) in [7, 11) is 0. The zero-order valence-corrected chi connectivity index (χ0v) is 13.8. The Morgan fingerprint density at radius 3 is 2.48 bits per heavy atom. The Morgan fingerprint density at radius 1 is 1.00 bits per heavy atom. The summed E-state index contributed by atoms with van der Waals surface area (Å²) in [4.78, 5) is 17.9. The summed E-state index contributed by atoms with van der Waals surface area (Å²) in [6.07, 6.45) is 10.5. The summed E-state index contributed by atoms with van der Waals surface area (Å²) in [5.41, 5.74) is 3.31. The Labute approximate surface area is 146 Å². The minimum atomic E-state index is -0.119. The van der Waals surface area contributed by atoms with Crippen LogP contribution in [0.4, 0.5) is 0 Å². The van der Waals surface area contributed by atoms with E-state index < -0.39 is 0 Å². The molecule has 0 N–H and O–H groups in total. The normalized spacial score (nSPS) is 11.8. The number of allylic oxidation sites excluding steroid dienone is 6. The molecule has 0 aliphatic heterocycles. The number of hydrogen-bond acceptors (Lipinski definition) is 2. The topological polar surface area (TPSA) is 34.4 Å². The largest absolute Gasteiger partial charge is 0.268 e. The number of pyridine rings is 1. The van der Waals surface area contributed by atoms with Crippen LogP contribution in [-0.2, 0) is 0 Å². The van der Waals surface area contributed by atoms with Gasteiger partial charge in [0.2, 0.25) is 0 Å². The number of hydrogen-bond donors (Lipinski definition) is 0. The van der Waals surface area contributed by atoms with Crippen molar-refractivity contribution in [3.8, 4) is 11.3 Å². The molecule has 1 aromatic carbocycles. The van der Waals surface area contributed by atoms with Crippen LogP contribution in [0, 0.1) is 0 Å². The van der Waals surface area contributed by atoms with Gasteiger partial charge < -0.3 is 0 Å². The van der Waals surface area contributed by atoms with E-state index >= 15 is 0 Å². The van der Waals surface area contributed by atoms with Crippen molar-refractivity contribution in [2.24, 2.45) is 0 Å². The second kappa shape index (κ2) is 7.41. The van der Waals surface area contributed by atoms with Crippen LogP contribution in [0.3, 0.4) is 0 Å². The van der Waals surface area contributed by atoms with E-state index in [1.807, 2.05) is 54.6 Å². The lowest BCUT2D eigenvalue weighted by Crippen LogP contribution is -2.20. The van der Waals surface area contributed by atoms with Crippen molar-refractivity contribution in [2.45, 2.75) is 0 Å². The van der Waals surface area contributed by atoms with Crippen molar-refractivity contribution in [1.29, 1.82) is 0 Å². The second-order valence-corrected chi connectivity index (χ2v) is 5.39. The van der Waals surface area contributed by atoms with E-state index in [1.54, 1.807) is 34.9 Å². The van der Waals surface area contributed by atoms with Crippen molar-refractivity contribution in [3.63, 3.8) is 0 Å². The third kappa shape index (κ3) is 3.26. The molecule has 3 aromatic rings. The Kier molecular flexibility index (Phi) is 4.86. The van der Waals surface area contributed by atoms with Crippen molar-refractivity contribution >= 4 is 11.2 Å². The van der Waals surface area contributed by atoms with E-state index in [0.717, 1.165) is 11.1 Å². The quantitative estimate of drug-likeness (QED) is 0.638. The molecule has 0 saturated heterocycles. The molecule has 3 heteroatoms. The van der Waals surface area contributed by atoms with Crippen molar-refractivity contribution in [2.75, 3.05) is 0 Å². The van der Waals surface area contributed by atoms with E-state index in [9.17, 15) is 4.79 Å². The van der Waals surface area contributed by atoms with Gasteiger partial charge in [-0.15, -0.1) is 0 Å². The number of nitrogens with zero attached hydrogens (tertiary/aromatic N) is 2. The summed E-state index contributed by atoms with van der Waals surface area (Å²) in [5.74, 6) is 0. The summed E-state index contributed by atoms with van der Waals surface area (Å²) in [6.45, 7) is 7.46. The van der Waals surface area contributed by atoms with E-state index in [0.29, 0.717) is 16.9 Å². The molecule has 122 valence electrons. The van der Waals surface area contributed by atoms with Crippen LogP contribution in [0.5, 0.6) is 0 Å². The Balaban J connectivity index is 2.42. The zero-order valence-electron chi connectivity index (χ0n) is 13.8.